The molecule has 8 nitrogen and oxygen atoms in total. The fourth-order valence-corrected chi connectivity index (χ4v) is 2.25. The second-order valence-corrected chi connectivity index (χ2v) is 6.40. The van der Waals surface area contributed by atoms with Gasteiger partial charge in [-0.3, -0.25) is 4.79 Å². The van der Waals surface area contributed by atoms with Gasteiger partial charge in [0.15, 0.2) is 5.69 Å². The highest BCUT2D eigenvalue weighted by atomic mass is 16.6. The molecule has 1 aliphatic rings. The van der Waals surface area contributed by atoms with Gasteiger partial charge in [0, 0.05) is 25.3 Å². The number of rotatable bonds is 2. The quantitative estimate of drug-likeness (QED) is 0.784. The third-order valence-corrected chi connectivity index (χ3v) is 3.32. The number of amides is 2. The van der Waals surface area contributed by atoms with Gasteiger partial charge in [-0.2, -0.15) is 4.79 Å². The van der Waals surface area contributed by atoms with Crippen molar-refractivity contribution in [1.29, 1.82) is 0 Å². The van der Waals surface area contributed by atoms with Crippen molar-refractivity contribution in [3.8, 4) is 0 Å². The molecule has 2 amide bonds. The first kappa shape index (κ1) is 16.1. The summed E-state index contributed by atoms with van der Waals surface area (Å²) in [7, 11) is 0. The zero-order valence-corrected chi connectivity index (χ0v) is 13.2. The zero-order chi connectivity index (χ0) is 16.3. The van der Waals surface area contributed by atoms with E-state index >= 15 is 0 Å². The SMILES string of the molecule is CC(C)(C)OC(=O)N1CCC(NC(=O)c2ccn(N)n2)CC1. The lowest BCUT2D eigenvalue weighted by atomic mass is 10.1. The second kappa shape index (κ2) is 6.25. The van der Waals surface area contributed by atoms with E-state index in [-0.39, 0.29) is 23.7 Å². The minimum atomic E-state index is -0.497. The van der Waals surface area contributed by atoms with Gasteiger partial charge in [-0.1, -0.05) is 0 Å². The molecule has 2 heterocycles. The maximum Gasteiger partial charge on any atom is 0.410 e. The maximum absolute atomic E-state index is 12.0. The average molecular weight is 309 g/mol. The van der Waals surface area contributed by atoms with Crippen LogP contribution in [0.2, 0.25) is 0 Å². The molecule has 1 fully saturated rings. The van der Waals surface area contributed by atoms with Crippen molar-refractivity contribution in [1.82, 2.24) is 20.1 Å². The van der Waals surface area contributed by atoms with E-state index < -0.39 is 5.60 Å². The Hall–Kier alpha value is -2.25. The van der Waals surface area contributed by atoms with E-state index in [0.29, 0.717) is 25.9 Å². The molecule has 0 atom stereocenters. The van der Waals surface area contributed by atoms with Crippen molar-refractivity contribution >= 4 is 12.0 Å². The Balaban J connectivity index is 1.80. The van der Waals surface area contributed by atoms with Gasteiger partial charge in [-0.25, -0.2) is 4.79 Å². The van der Waals surface area contributed by atoms with Gasteiger partial charge >= 0.3 is 6.09 Å². The molecule has 1 aromatic rings. The number of nitrogens with zero attached hydrogens (tertiary/aromatic N) is 3. The van der Waals surface area contributed by atoms with Gasteiger partial charge in [-0.05, 0) is 39.7 Å². The summed E-state index contributed by atoms with van der Waals surface area (Å²) in [5, 5.41) is 6.76. The number of hydrogen-bond donors (Lipinski definition) is 2. The topological polar surface area (TPSA) is 102 Å². The van der Waals surface area contributed by atoms with Crippen molar-refractivity contribution in [3.63, 3.8) is 0 Å². The Morgan fingerprint density at radius 3 is 2.50 bits per heavy atom. The molecule has 122 valence electrons. The molecule has 1 saturated heterocycles. The highest BCUT2D eigenvalue weighted by molar-refractivity contribution is 5.92. The van der Waals surface area contributed by atoms with Gasteiger partial charge < -0.3 is 20.8 Å². The standard InChI is InChI=1S/C14H23N5O3/c1-14(2,3)22-13(21)18-7-4-10(5-8-18)16-12(20)11-6-9-19(15)17-11/h6,9-10H,4-5,7-8,15H2,1-3H3,(H,16,20). The third-order valence-electron chi connectivity index (χ3n) is 3.32. The highest BCUT2D eigenvalue weighted by Crippen LogP contribution is 2.15. The fraction of sp³-hybridized carbons (Fsp3) is 0.643. The van der Waals surface area contributed by atoms with Gasteiger partial charge in [-0.15, -0.1) is 5.10 Å². The largest absolute Gasteiger partial charge is 0.444 e. The molecular formula is C14H23N5O3. The molecule has 3 N–H and O–H groups in total. The van der Waals surface area contributed by atoms with Crippen LogP contribution in [0.1, 0.15) is 44.1 Å². The molecule has 1 aliphatic heterocycles. The molecule has 0 spiro atoms. The van der Waals surface area contributed by atoms with Crippen molar-refractivity contribution < 1.29 is 14.3 Å². The molecule has 0 saturated carbocycles. The Morgan fingerprint density at radius 2 is 2.00 bits per heavy atom. The molecule has 0 unspecified atom stereocenters. The van der Waals surface area contributed by atoms with Crippen LogP contribution in [0.5, 0.6) is 0 Å². The number of aromatic nitrogens is 2. The summed E-state index contributed by atoms with van der Waals surface area (Å²) in [6, 6.07) is 1.58. The summed E-state index contributed by atoms with van der Waals surface area (Å²) in [5.74, 6) is 5.17. The van der Waals surface area contributed by atoms with Gasteiger partial charge in [0.2, 0.25) is 0 Å². The van der Waals surface area contributed by atoms with E-state index in [2.05, 4.69) is 10.4 Å². The second-order valence-electron chi connectivity index (χ2n) is 6.40. The predicted octanol–water partition coefficient (Wildman–Crippen LogP) is 0.726. The van der Waals surface area contributed by atoms with Crippen molar-refractivity contribution in [2.75, 3.05) is 18.9 Å². The lowest BCUT2D eigenvalue weighted by molar-refractivity contribution is 0.0199. The third kappa shape index (κ3) is 4.37. The number of nitrogens with two attached hydrogens (primary N) is 1. The normalized spacial score (nSPS) is 16.4. The monoisotopic (exact) mass is 309 g/mol. The Morgan fingerprint density at radius 1 is 1.36 bits per heavy atom. The van der Waals surface area contributed by atoms with E-state index in [0.717, 1.165) is 4.79 Å². The molecule has 0 radical (unpaired) electrons. The minimum absolute atomic E-state index is 0.0223. The Kier molecular flexibility index (Phi) is 4.58. The predicted molar refractivity (Wildman–Crippen MR) is 80.7 cm³/mol. The smallest absolute Gasteiger partial charge is 0.410 e. The van der Waals surface area contributed by atoms with E-state index in [9.17, 15) is 9.59 Å². The molecule has 0 bridgehead atoms. The fourth-order valence-electron chi connectivity index (χ4n) is 2.25. The van der Waals surface area contributed by atoms with Crippen LogP contribution in [-0.4, -0.2) is 51.5 Å². The van der Waals surface area contributed by atoms with Crippen LogP contribution in [0.25, 0.3) is 0 Å². The summed E-state index contributed by atoms with van der Waals surface area (Å²) < 4.78 is 5.34. The molecular weight excluding hydrogens is 286 g/mol. The lowest BCUT2D eigenvalue weighted by Gasteiger charge is -2.33. The van der Waals surface area contributed by atoms with Crippen molar-refractivity contribution in [2.45, 2.75) is 45.3 Å². The van der Waals surface area contributed by atoms with Crippen LogP contribution < -0.4 is 11.2 Å². The number of nitrogen functional groups attached to an aromatic ring is 1. The molecule has 1 aromatic heterocycles. The van der Waals surface area contributed by atoms with Crippen LogP contribution in [0, 0.1) is 0 Å². The summed E-state index contributed by atoms with van der Waals surface area (Å²) in [6.07, 6.45) is 2.59. The molecule has 22 heavy (non-hydrogen) atoms. The number of carbonyl (C=O) groups is 2. The van der Waals surface area contributed by atoms with E-state index in [1.165, 1.54) is 6.20 Å². The van der Waals surface area contributed by atoms with Crippen LogP contribution in [0.4, 0.5) is 4.79 Å². The van der Waals surface area contributed by atoms with E-state index in [1.807, 2.05) is 20.8 Å². The van der Waals surface area contributed by atoms with E-state index in [4.69, 9.17) is 10.6 Å². The zero-order valence-electron chi connectivity index (χ0n) is 13.2. The van der Waals surface area contributed by atoms with Crippen molar-refractivity contribution in [2.24, 2.45) is 0 Å². The Labute approximate surface area is 129 Å². The molecule has 0 aliphatic carbocycles. The van der Waals surface area contributed by atoms with Crippen LogP contribution in [0.3, 0.4) is 0 Å². The van der Waals surface area contributed by atoms with Gasteiger partial charge in [0.05, 0.1) is 0 Å². The van der Waals surface area contributed by atoms with Gasteiger partial charge in [0.1, 0.15) is 5.60 Å². The molecule has 2 rings (SSSR count). The first-order valence-electron chi connectivity index (χ1n) is 7.34. The number of nitrogens with one attached hydrogen (secondary N) is 1. The number of hydrogen-bond acceptors (Lipinski definition) is 5. The lowest BCUT2D eigenvalue weighted by Crippen LogP contribution is -2.47. The molecule has 0 aromatic carbocycles. The van der Waals surface area contributed by atoms with Crippen LogP contribution in [0.15, 0.2) is 12.3 Å². The Bertz CT molecular complexity index is 541. The first-order chi connectivity index (χ1) is 10.2. The highest BCUT2D eigenvalue weighted by Gasteiger charge is 2.27. The number of ether oxygens (including phenoxy) is 1. The van der Waals surface area contributed by atoms with Gasteiger partial charge in [0.25, 0.3) is 5.91 Å². The summed E-state index contributed by atoms with van der Waals surface area (Å²) >= 11 is 0. The number of carbonyl (C=O) groups excluding carboxylic acids is 2. The number of likely N-dealkylation sites (tertiary alicyclic amines) is 1. The van der Waals surface area contributed by atoms with E-state index in [1.54, 1.807) is 11.0 Å². The van der Waals surface area contributed by atoms with Crippen LogP contribution >= 0.6 is 0 Å². The van der Waals surface area contributed by atoms with Crippen LogP contribution in [-0.2, 0) is 4.74 Å². The average Bonchev–Trinajstić information content (AvgIpc) is 2.84. The summed E-state index contributed by atoms with van der Waals surface area (Å²) in [4.78, 5) is 26.7. The first-order valence-corrected chi connectivity index (χ1v) is 7.34. The molecule has 8 heteroatoms. The summed E-state index contributed by atoms with van der Waals surface area (Å²) in [6.45, 7) is 6.65. The maximum atomic E-state index is 12.0. The summed E-state index contributed by atoms with van der Waals surface area (Å²) in [5.41, 5.74) is -0.208. The number of piperidine rings is 1. The minimum Gasteiger partial charge on any atom is -0.444 e. The van der Waals surface area contributed by atoms with Crippen molar-refractivity contribution in [3.05, 3.63) is 18.0 Å².